The van der Waals surface area contributed by atoms with Crippen LogP contribution in [0, 0.1) is 5.92 Å². The van der Waals surface area contributed by atoms with Gasteiger partial charge in [-0.1, -0.05) is 18.9 Å². The molecule has 1 aromatic rings. The molecule has 18 heavy (non-hydrogen) atoms. The van der Waals surface area contributed by atoms with Gasteiger partial charge in [-0.2, -0.15) is 0 Å². The molecule has 1 atom stereocenters. The largest absolute Gasteiger partial charge is 0.381 e. The van der Waals surface area contributed by atoms with Crippen molar-refractivity contribution in [1.82, 2.24) is 5.32 Å². The van der Waals surface area contributed by atoms with E-state index in [1.165, 1.54) is 43.4 Å². The molecule has 0 aliphatic heterocycles. The lowest BCUT2D eigenvalue weighted by Crippen LogP contribution is -2.47. The maximum Gasteiger partial charge on any atom is 0.0601 e. The topological polar surface area (TPSA) is 21.3 Å². The number of rotatable bonds is 5. The van der Waals surface area contributed by atoms with Crippen LogP contribution in [0.15, 0.2) is 17.5 Å². The zero-order chi connectivity index (χ0) is 12.4. The first-order valence-electron chi connectivity index (χ1n) is 7.19. The highest BCUT2D eigenvalue weighted by atomic mass is 32.1. The van der Waals surface area contributed by atoms with Gasteiger partial charge in [-0.25, -0.2) is 0 Å². The summed E-state index contributed by atoms with van der Waals surface area (Å²) in [6, 6.07) is 5.74. The normalized spacial score (nSPS) is 30.3. The van der Waals surface area contributed by atoms with Crippen molar-refractivity contribution in [3.05, 3.63) is 22.4 Å². The summed E-state index contributed by atoms with van der Waals surface area (Å²) in [6.07, 6.45) is 8.50. The zero-order valence-corrected chi connectivity index (χ0v) is 11.9. The van der Waals surface area contributed by atoms with Crippen molar-refractivity contribution in [3.63, 3.8) is 0 Å². The molecule has 3 rings (SSSR count). The van der Waals surface area contributed by atoms with E-state index in [2.05, 4.69) is 22.8 Å². The number of nitrogens with one attached hydrogen (secondary N) is 1. The van der Waals surface area contributed by atoms with Crippen LogP contribution in [0.25, 0.3) is 0 Å². The van der Waals surface area contributed by atoms with Crippen LogP contribution >= 0.6 is 11.3 Å². The third-order valence-electron chi connectivity index (χ3n) is 4.56. The van der Waals surface area contributed by atoms with E-state index in [4.69, 9.17) is 4.74 Å². The Morgan fingerprint density at radius 3 is 2.72 bits per heavy atom. The lowest BCUT2D eigenvalue weighted by Gasteiger charge is -2.38. The highest BCUT2D eigenvalue weighted by molar-refractivity contribution is 7.10. The van der Waals surface area contributed by atoms with Gasteiger partial charge in [-0.05, 0) is 43.0 Å². The quantitative estimate of drug-likeness (QED) is 0.875. The summed E-state index contributed by atoms with van der Waals surface area (Å²) in [5.41, 5.74) is 0. The predicted octanol–water partition coefficient (Wildman–Crippen LogP) is 3.75. The van der Waals surface area contributed by atoms with Gasteiger partial charge >= 0.3 is 0 Å². The summed E-state index contributed by atoms with van der Waals surface area (Å²) in [4.78, 5) is 1.53. The summed E-state index contributed by atoms with van der Waals surface area (Å²) in [5, 5.41) is 6.10. The molecule has 3 heteroatoms. The monoisotopic (exact) mass is 265 g/mol. The van der Waals surface area contributed by atoms with Gasteiger partial charge in [0.05, 0.1) is 6.10 Å². The van der Waals surface area contributed by atoms with Gasteiger partial charge < -0.3 is 10.1 Å². The third kappa shape index (κ3) is 2.63. The van der Waals surface area contributed by atoms with Gasteiger partial charge in [-0.15, -0.1) is 11.3 Å². The van der Waals surface area contributed by atoms with E-state index in [1.807, 2.05) is 18.4 Å². The Morgan fingerprint density at radius 1 is 1.33 bits per heavy atom. The van der Waals surface area contributed by atoms with Gasteiger partial charge in [0.15, 0.2) is 0 Å². The predicted molar refractivity (Wildman–Crippen MR) is 76.0 cm³/mol. The van der Waals surface area contributed by atoms with Crippen LogP contribution in [0.1, 0.15) is 49.4 Å². The van der Waals surface area contributed by atoms with Crippen LogP contribution in [0.2, 0.25) is 0 Å². The summed E-state index contributed by atoms with van der Waals surface area (Å²) >= 11 is 1.91. The molecule has 0 aromatic carbocycles. The van der Waals surface area contributed by atoms with E-state index in [0.717, 1.165) is 5.92 Å². The standard InChI is InChI=1S/C15H23NOS/c1-17-13-9-12(10-13)16-15(11-5-2-3-6-11)14-7-4-8-18-14/h4,7-8,11-13,15-16H,2-3,5-6,9-10H2,1H3. The smallest absolute Gasteiger partial charge is 0.0601 e. The highest BCUT2D eigenvalue weighted by Crippen LogP contribution is 2.39. The van der Waals surface area contributed by atoms with Crippen molar-refractivity contribution in [2.75, 3.05) is 7.11 Å². The number of ether oxygens (including phenoxy) is 1. The molecule has 2 nitrogen and oxygen atoms in total. The Kier molecular flexibility index (Phi) is 4.02. The minimum Gasteiger partial charge on any atom is -0.381 e. The molecule has 2 aliphatic carbocycles. The van der Waals surface area contributed by atoms with Crippen molar-refractivity contribution < 1.29 is 4.74 Å². The summed E-state index contributed by atoms with van der Waals surface area (Å²) in [5.74, 6) is 0.852. The van der Waals surface area contributed by atoms with Crippen LogP contribution in [0.5, 0.6) is 0 Å². The Balaban J connectivity index is 1.63. The SMILES string of the molecule is COC1CC(NC(c2cccs2)C2CCCC2)C1. The van der Waals surface area contributed by atoms with E-state index >= 15 is 0 Å². The fraction of sp³-hybridized carbons (Fsp3) is 0.733. The van der Waals surface area contributed by atoms with Gasteiger partial charge in [0, 0.05) is 24.1 Å². The molecular weight excluding hydrogens is 242 g/mol. The zero-order valence-electron chi connectivity index (χ0n) is 11.1. The molecule has 1 aromatic heterocycles. The first-order chi connectivity index (χ1) is 8.86. The minimum absolute atomic E-state index is 0.495. The maximum absolute atomic E-state index is 5.38. The number of thiophene rings is 1. The van der Waals surface area contributed by atoms with Crippen LogP contribution in [-0.2, 0) is 4.74 Å². The van der Waals surface area contributed by atoms with Crippen LogP contribution in [0.3, 0.4) is 0 Å². The first-order valence-corrected chi connectivity index (χ1v) is 8.07. The molecule has 2 aliphatic rings. The molecule has 2 fully saturated rings. The van der Waals surface area contributed by atoms with Gasteiger partial charge in [0.1, 0.15) is 0 Å². The highest BCUT2D eigenvalue weighted by Gasteiger charge is 2.34. The van der Waals surface area contributed by atoms with Gasteiger partial charge in [0.25, 0.3) is 0 Å². The molecule has 0 saturated heterocycles. The lowest BCUT2D eigenvalue weighted by atomic mass is 9.86. The average Bonchev–Trinajstić information content (AvgIpc) is 3.00. The van der Waals surface area contributed by atoms with E-state index in [0.29, 0.717) is 18.2 Å². The van der Waals surface area contributed by atoms with Gasteiger partial charge in [0.2, 0.25) is 0 Å². The fourth-order valence-corrected chi connectivity index (χ4v) is 4.24. The molecule has 2 saturated carbocycles. The second-order valence-corrected chi connectivity index (χ2v) is 6.71. The fourth-order valence-electron chi connectivity index (χ4n) is 3.36. The van der Waals surface area contributed by atoms with Gasteiger partial charge in [-0.3, -0.25) is 0 Å². The molecule has 0 bridgehead atoms. The number of methoxy groups -OCH3 is 1. The van der Waals surface area contributed by atoms with Crippen molar-refractivity contribution in [2.24, 2.45) is 5.92 Å². The summed E-state index contributed by atoms with van der Waals surface area (Å²) in [7, 11) is 1.83. The second-order valence-electron chi connectivity index (χ2n) is 5.73. The molecule has 1 unspecified atom stereocenters. The Labute approximate surface area is 114 Å². The molecule has 0 radical (unpaired) electrons. The second kappa shape index (κ2) is 5.72. The summed E-state index contributed by atoms with van der Waals surface area (Å²) < 4.78 is 5.38. The molecule has 0 spiro atoms. The van der Waals surface area contributed by atoms with Crippen molar-refractivity contribution in [2.45, 2.75) is 56.7 Å². The van der Waals surface area contributed by atoms with E-state index in [9.17, 15) is 0 Å². The molecule has 0 amide bonds. The average molecular weight is 265 g/mol. The third-order valence-corrected chi connectivity index (χ3v) is 5.52. The Bertz CT molecular complexity index is 353. The molecular formula is C15H23NOS. The van der Waals surface area contributed by atoms with Crippen molar-refractivity contribution in [3.8, 4) is 0 Å². The number of hydrogen-bond acceptors (Lipinski definition) is 3. The van der Waals surface area contributed by atoms with Crippen molar-refractivity contribution >= 4 is 11.3 Å². The molecule has 1 N–H and O–H groups in total. The maximum atomic E-state index is 5.38. The van der Waals surface area contributed by atoms with Crippen molar-refractivity contribution in [1.29, 1.82) is 0 Å². The summed E-state index contributed by atoms with van der Waals surface area (Å²) in [6.45, 7) is 0. The minimum atomic E-state index is 0.495. The van der Waals surface area contributed by atoms with Crippen LogP contribution < -0.4 is 5.32 Å². The van der Waals surface area contributed by atoms with E-state index in [-0.39, 0.29) is 0 Å². The van der Waals surface area contributed by atoms with E-state index in [1.54, 1.807) is 0 Å². The number of hydrogen-bond donors (Lipinski definition) is 1. The van der Waals surface area contributed by atoms with Crippen LogP contribution in [0.4, 0.5) is 0 Å². The first kappa shape index (κ1) is 12.6. The van der Waals surface area contributed by atoms with E-state index < -0.39 is 0 Å². The molecule has 1 heterocycles. The Hall–Kier alpha value is -0.380. The Morgan fingerprint density at radius 2 is 2.11 bits per heavy atom. The lowest BCUT2D eigenvalue weighted by molar-refractivity contribution is 0.0119. The molecule has 100 valence electrons. The van der Waals surface area contributed by atoms with Crippen LogP contribution in [-0.4, -0.2) is 19.3 Å².